The lowest BCUT2D eigenvalue weighted by atomic mass is 10.1. The SMILES string of the molecule is COc1cc(C=C(Cl)c2nc3cc(C(=O)O)ccc3c(=O)[nH]2)ccc1OCC(C)C. The lowest BCUT2D eigenvalue weighted by molar-refractivity contribution is 0.0697. The van der Waals surface area contributed by atoms with E-state index in [1.165, 1.54) is 18.2 Å². The summed E-state index contributed by atoms with van der Waals surface area (Å²) in [6.45, 7) is 4.67. The highest BCUT2D eigenvalue weighted by Gasteiger charge is 2.11. The quantitative estimate of drug-likeness (QED) is 0.578. The van der Waals surface area contributed by atoms with Gasteiger partial charge in [-0.25, -0.2) is 9.78 Å². The Bertz CT molecular complexity index is 1180. The highest BCUT2D eigenvalue weighted by molar-refractivity contribution is 6.50. The molecule has 3 rings (SSSR count). The van der Waals surface area contributed by atoms with Crippen LogP contribution in [0.15, 0.2) is 41.2 Å². The molecule has 30 heavy (non-hydrogen) atoms. The first-order valence-electron chi connectivity index (χ1n) is 9.24. The molecular formula is C22H21ClN2O5. The monoisotopic (exact) mass is 428 g/mol. The predicted octanol–water partition coefficient (Wildman–Crippen LogP) is 4.40. The van der Waals surface area contributed by atoms with Crippen molar-refractivity contribution in [1.29, 1.82) is 0 Å². The molecule has 0 unspecified atom stereocenters. The van der Waals surface area contributed by atoms with Gasteiger partial charge in [0, 0.05) is 0 Å². The van der Waals surface area contributed by atoms with Crippen molar-refractivity contribution in [2.24, 2.45) is 5.92 Å². The molecule has 0 amide bonds. The van der Waals surface area contributed by atoms with E-state index in [1.807, 2.05) is 6.07 Å². The topological polar surface area (TPSA) is 102 Å². The van der Waals surface area contributed by atoms with Crippen molar-refractivity contribution in [3.8, 4) is 11.5 Å². The maximum atomic E-state index is 12.3. The van der Waals surface area contributed by atoms with E-state index >= 15 is 0 Å². The zero-order valence-electron chi connectivity index (χ0n) is 16.7. The third kappa shape index (κ3) is 4.80. The Hall–Kier alpha value is -3.32. The number of hydrogen-bond acceptors (Lipinski definition) is 5. The molecule has 0 bridgehead atoms. The summed E-state index contributed by atoms with van der Waals surface area (Å²) in [6.07, 6.45) is 1.63. The Kier molecular flexibility index (Phi) is 6.42. The maximum Gasteiger partial charge on any atom is 0.335 e. The van der Waals surface area contributed by atoms with Gasteiger partial charge in [-0.05, 0) is 47.9 Å². The van der Waals surface area contributed by atoms with Gasteiger partial charge in [-0.2, -0.15) is 0 Å². The summed E-state index contributed by atoms with van der Waals surface area (Å²) >= 11 is 6.39. The van der Waals surface area contributed by atoms with Crippen LogP contribution in [0.25, 0.3) is 22.0 Å². The number of aromatic amines is 1. The molecule has 7 nitrogen and oxygen atoms in total. The Morgan fingerprint density at radius 1 is 1.23 bits per heavy atom. The molecule has 0 saturated heterocycles. The summed E-state index contributed by atoms with van der Waals surface area (Å²) in [4.78, 5) is 30.5. The second-order valence-electron chi connectivity index (χ2n) is 7.06. The normalized spacial score (nSPS) is 11.7. The van der Waals surface area contributed by atoms with E-state index in [0.717, 1.165) is 5.56 Å². The van der Waals surface area contributed by atoms with Gasteiger partial charge in [-0.15, -0.1) is 0 Å². The van der Waals surface area contributed by atoms with Crippen molar-refractivity contribution in [2.45, 2.75) is 13.8 Å². The van der Waals surface area contributed by atoms with Crippen molar-refractivity contribution in [3.05, 3.63) is 63.7 Å². The van der Waals surface area contributed by atoms with Gasteiger partial charge >= 0.3 is 5.97 Å². The molecule has 0 aliphatic rings. The van der Waals surface area contributed by atoms with Crippen LogP contribution in [0, 0.1) is 5.92 Å². The largest absolute Gasteiger partial charge is 0.493 e. The molecule has 0 spiro atoms. The van der Waals surface area contributed by atoms with E-state index in [-0.39, 0.29) is 27.3 Å². The highest BCUT2D eigenvalue weighted by Crippen LogP contribution is 2.30. The van der Waals surface area contributed by atoms with E-state index in [0.29, 0.717) is 24.0 Å². The third-order valence-electron chi connectivity index (χ3n) is 4.23. The number of ether oxygens (including phenoxy) is 2. The number of benzene rings is 2. The van der Waals surface area contributed by atoms with Gasteiger partial charge < -0.3 is 19.6 Å². The molecule has 156 valence electrons. The molecule has 1 aromatic heterocycles. The van der Waals surface area contributed by atoms with Gasteiger partial charge in [0.25, 0.3) is 5.56 Å². The fourth-order valence-corrected chi connectivity index (χ4v) is 2.97. The van der Waals surface area contributed by atoms with E-state index in [1.54, 1.807) is 25.3 Å². The molecule has 0 fully saturated rings. The first kappa shape index (κ1) is 21.4. The first-order valence-corrected chi connectivity index (χ1v) is 9.62. The molecule has 0 saturated carbocycles. The van der Waals surface area contributed by atoms with E-state index in [4.69, 9.17) is 26.2 Å². The van der Waals surface area contributed by atoms with E-state index in [2.05, 4.69) is 23.8 Å². The molecule has 8 heteroatoms. The lowest BCUT2D eigenvalue weighted by Crippen LogP contribution is -2.11. The summed E-state index contributed by atoms with van der Waals surface area (Å²) in [5, 5.41) is 9.62. The first-order chi connectivity index (χ1) is 14.3. The van der Waals surface area contributed by atoms with Crippen LogP contribution in [-0.2, 0) is 0 Å². The number of fused-ring (bicyclic) bond motifs is 1. The van der Waals surface area contributed by atoms with Crippen LogP contribution in [0.3, 0.4) is 0 Å². The standard InChI is InChI=1S/C22H21ClN2O5/c1-12(2)11-30-18-7-4-13(9-19(18)29-3)8-16(23)20-24-17-10-14(22(27)28)5-6-15(17)21(26)25-20/h4-10,12H,11H2,1-3H3,(H,27,28)(H,24,25,26). The fraction of sp³-hybridized carbons (Fsp3) is 0.227. The molecule has 2 N–H and O–H groups in total. The fourth-order valence-electron chi connectivity index (χ4n) is 2.75. The third-order valence-corrected chi connectivity index (χ3v) is 4.52. The minimum Gasteiger partial charge on any atom is -0.493 e. The van der Waals surface area contributed by atoms with Crippen molar-refractivity contribution < 1.29 is 19.4 Å². The molecule has 0 atom stereocenters. The molecule has 3 aromatic rings. The number of nitrogens with one attached hydrogen (secondary N) is 1. The van der Waals surface area contributed by atoms with Gasteiger partial charge in [0.1, 0.15) is 0 Å². The predicted molar refractivity (Wildman–Crippen MR) is 116 cm³/mol. The van der Waals surface area contributed by atoms with Crippen LogP contribution in [0.2, 0.25) is 0 Å². The molecule has 2 aromatic carbocycles. The number of rotatable bonds is 7. The van der Waals surface area contributed by atoms with Crippen LogP contribution in [0.1, 0.15) is 35.6 Å². The number of aromatic nitrogens is 2. The average Bonchev–Trinajstić information content (AvgIpc) is 2.71. The van der Waals surface area contributed by atoms with Gasteiger partial charge in [0.05, 0.1) is 35.2 Å². The number of carboxylic acid groups (broad SMARTS) is 1. The Morgan fingerprint density at radius 3 is 2.67 bits per heavy atom. The summed E-state index contributed by atoms with van der Waals surface area (Å²) in [5.41, 5.74) is 0.591. The Labute approximate surface area is 177 Å². The van der Waals surface area contributed by atoms with Crippen LogP contribution < -0.4 is 15.0 Å². The number of aromatic carboxylic acids is 1. The number of H-pyrrole nitrogens is 1. The summed E-state index contributed by atoms with van der Waals surface area (Å²) in [5.74, 6) is 0.587. The van der Waals surface area contributed by atoms with Crippen molar-refractivity contribution in [3.63, 3.8) is 0 Å². The van der Waals surface area contributed by atoms with E-state index < -0.39 is 11.5 Å². The summed E-state index contributed by atoms with van der Waals surface area (Å²) in [7, 11) is 1.55. The zero-order valence-corrected chi connectivity index (χ0v) is 17.5. The highest BCUT2D eigenvalue weighted by atomic mass is 35.5. The minimum absolute atomic E-state index is 0.0355. The van der Waals surface area contributed by atoms with Crippen molar-refractivity contribution in [2.75, 3.05) is 13.7 Å². The lowest BCUT2D eigenvalue weighted by Gasteiger charge is -2.13. The molecule has 0 aliphatic heterocycles. The number of carboxylic acids is 1. The molecule has 0 radical (unpaired) electrons. The molecule has 0 aliphatic carbocycles. The number of hydrogen-bond donors (Lipinski definition) is 2. The van der Waals surface area contributed by atoms with Crippen LogP contribution in [0.5, 0.6) is 11.5 Å². The second kappa shape index (κ2) is 9.00. The van der Waals surface area contributed by atoms with Crippen LogP contribution in [0.4, 0.5) is 0 Å². The van der Waals surface area contributed by atoms with Gasteiger partial charge in [0.2, 0.25) is 0 Å². The zero-order chi connectivity index (χ0) is 21.8. The second-order valence-corrected chi connectivity index (χ2v) is 7.47. The number of halogens is 1. The van der Waals surface area contributed by atoms with Gasteiger partial charge in [-0.1, -0.05) is 31.5 Å². The smallest absolute Gasteiger partial charge is 0.335 e. The summed E-state index contributed by atoms with van der Waals surface area (Å²) < 4.78 is 11.1. The van der Waals surface area contributed by atoms with E-state index in [9.17, 15) is 9.59 Å². The average molecular weight is 429 g/mol. The number of nitrogens with zero attached hydrogens (tertiary/aromatic N) is 1. The molecule has 1 heterocycles. The van der Waals surface area contributed by atoms with Crippen LogP contribution >= 0.6 is 11.6 Å². The maximum absolute atomic E-state index is 12.3. The van der Waals surface area contributed by atoms with Gasteiger partial charge in [-0.3, -0.25) is 4.79 Å². The number of methoxy groups -OCH3 is 1. The minimum atomic E-state index is -1.10. The Balaban J connectivity index is 1.97. The van der Waals surface area contributed by atoms with Crippen molar-refractivity contribution in [1.82, 2.24) is 9.97 Å². The Morgan fingerprint density at radius 2 is 2.00 bits per heavy atom. The molecular weight excluding hydrogens is 408 g/mol. The van der Waals surface area contributed by atoms with Crippen LogP contribution in [-0.4, -0.2) is 34.8 Å². The summed E-state index contributed by atoms with van der Waals surface area (Å²) in [6, 6.07) is 9.47. The van der Waals surface area contributed by atoms with Crippen molar-refractivity contribution >= 4 is 39.6 Å². The van der Waals surface area contributed by atoms with Gasteiger partial charge in [0.15, 0.2) is 17.3 Å². The number of carbonyl (C=O) groups is 1.